The molecule has 0 saturated heterocycles. The Morgan fingerprint density at radius 1 is 0.435 bits per heavy atom. The molecule has 0 atom stereocenters. The van der Waals surface area contributed by atoms with Gasteiger partial charge in [0.15, 0.2) is 0 Å². The summed E-state index contributed by atoms with van der Waals surface area (Å²) in [7, 11) is 0. The largest absolute Gasteiger partial charge is 0.309 e. The Kier molecular flexibility index (Phi) is 5.85. The van der Waals surface area contributed by atoms with Crippen LogP contribution in [0.5, 0.6) is 0 Å². The van der Waals surface area contributed by atoms with Gasteiger partial charge in [-0.05, 0) is 115 Å². The Labute approximate surface area is 264 Å². The van der Waals surface area contributed by atoms with Gasteiger partial charge in [0.05, 0.1) is 5.69 Å². The van der Waals surface area contributed by atoms with E-state index in [9.17, 15) is 8.78 Å². The molecule has 0 saturated carbocycles. The minimum atomic E-state index is -0.308. The number of halogens is 2. The molecule has 0 fully saturated rings. The maximum Gasteiger partial charge on any atom is 0.123 e. The third kappa shape index (κ3) is 3.98. The van der Waals surface area contributed by atoms with Crippen LogP contribution in [-0.2, 0) is 0 Å². The van der Waals surface area contributed by atoms with Crippen LogP contribution in [0, 0.1) is 18.6 Å². The van der Waals surface area contributed by atoms with Crippen molar-refractivity contribution in [3.63, 3.8) is 0 Å². The molecule has 0 aliphatic carbocycles. The second-order valence-electron chi connectivity index (χ2n) is 12.1. The monoisotopic (exact) mass is 595 g/mol. The molecule has 0 bridgehead atoms. The summed E-state index contributed by atoms with van der Waals surface area (Å²) >= 11 is 0. The zero-order valence-corrected chi connectivity index (χ0v) is 25.1. The highest BCUT2D eigenvalue weighted by Crippen LogP contribution is 2.50. The quantitative estimate of drug-likeness (QED) is 0.144. The van der Waals surface area contributed by atoms with E-state index in [0.29, 0.717) is 0 Å². The number of rotatable bonds is 4. The highest BCUT2D eigenvalue weighted by molar-refractivity contribution is 6.29. The maximum absolute atomic E-state index is 14.2. The summed E-state index contributed by atoms with van der Waals surface area (Å²) in [5.41, 5.74) is 6.13. The standard InChI is InChI=1S/C43H27F2N/c1-26-24-28-11-10-27-12-22-37(36-23-13-29(25-26)40(28)41(27)36)42-34-6-2-4-8-38(34)43(39-9-5-3-7-35(39)42)46(32-18-14-30(44)15-19-32)33-20-16-31(45)17-21-33/h2-25H,1H3. The van der Waals surface area contributed by atoms with Gasteiger partial charge in [0.2, 0.25) is 0 Å². The highest BCUT2D eigenvalue weighted by Gasteiger charge is 2.23. The van der Waals surface area contributed by atoms with Crippen molar-refractivity contribution < 1.29 is 8.78 Å². The molecule has 0 unspecified atom stereocenters. The summed E-state index contributed by atoms with van der Waals surface area (Å²) in [5.74, 6) is -0.617. The van der Waals surface area contributed by atoms with Crippen LogP contribution in [0.4, 0.5) is 25.8 Å². The number of hydrogen-bond donors (Lipinski definition) is 0. The van der Waals surface area contributed by atoms with Crippen molar-refractivity contribution >= 4 is 70.9 Å². The number of aryl methyl sites for hydroxylation is 1. The predicted octanol–water partition coefficient (Wildman–Crippen LogP) is 12.6. The van der Waals surface area contributed by atoms with Crippen molar-refractivity contribution in [1.29, 1.82) is 0 Å². The lowest BCUT2D eigenvalue weighted by atomic mass is 9.85. The van der Waals surface area contributed by atoms with Crippen LogP contribution in [-0.4, -0.2) is 0 Å². The van der Waals surface area contributed by atoms with Crippen LogP contribution in [0.2, 0.25) is 0 Å². The molecule has 0 amide bonds. The van der Waals surface area contributed by atoms with Gasteiger partial charge in [-0.25, -0.2) is 8.78 Å². The van der Waals surface area contributed by atoms with Crippen molar-refractivity contribution in [3.05, 3.63) is 163 Å². The number of nitrogens with zero attached hydrogens (tertiary/aromatic N) is 1. The van der Waals surface area contributed by atoms with E-state index in [1.54, 1.807) is 24.3 Å². The fourth-order valence-electron chi connectivity index (χ4n) is 7.42. The van der Waals surface area contributed by atoms with Crippen LogP contribution in [0.25, 0.3) is 65.0 Å². The van der Waals surface area contributed by atoms with Crippen LogP contribution in [0.1, 0.15) is 5.56 Å². The molecule has 0 spiro atoms. The van der Waals surface area contributed by atoms with E-state index in [4.69, 9.17) is 0 Å². The Morgan fingerprint density at radius 3 is 1.48 bits per heavy atom. The highest BCUT2D eigenvalue weighted by atomic mass is 19.1. The second kappa shape index (κ2) is 10.1. The predicted molar refractivity (Wildman–Crippen MR) is 190 cm³/mol. The molecule has 0 aliphatic heterocycles. The van der Waals surface area contributed by atoms with E-state index in [0.717, 1.165) is 38.6 Å². The summed E-state index contributed by atoms with van der Waals surface area (Å²) in [4.78, 5) is 2.11. The SMILES string of the molecule is Cc1cc2ccc3ccc(-c4c5ccccc5c(N(c5ccc(F)cc5)c5ccc(F)cc5)c5ccccc45)c4ccc(c1)c2c34. The minimum Gasteiger partial charge on any atom is -0.309 e. The zero-order chi connectivity index (χ0) is 30.9. The summed E-state index contributed by atoms with van der Waals surface area (Å²) in [6, 6.07) is 48.0. The summed E-state index contributed by atoms with van der Waals surface area (Å²) < 4.78 is 28.4. The van der Waals surface area contributed by atoms with E-state index < -0.39 is 0 Å². The summed E-state index contributed by atoms with van der Waals surface area (Å²) in [6.45, 7) is 2.15. The first-order chi connectivity index (χ1) is 22.5. The molecule has 0 radical (unpaired) electrons. The third-order valence-electron chi connectivity index (χ3n) is 9.31. The van der Waals surface area contributed by atoms with Crippen LogP contribution < -0.4 is 4.90 Å². The topological polar surface area (TPSA) is 3.24 Å². The minimum absolute atomic E-state index is 0.308. The molecule has 1 nitrogen and oxygen atoms in total. The first-order valence-corrected chi connectivity index (χ1v) is 15.5. The van der Waals surface area contributed by atoms with Crippen LogP contribution in [0.3, 0.4) is 0 Å². The molecule has 46 heavy (non-hydrogen) atoms. The maximum atomic E-state index is 14.2. The first kappa shape index (κ1) is 26.6. The average Bonchev–Trinajstić information content (AvgIpc) is 3.08. The zero-order valence-electron chi connectivity index (χ0n) is 25.1. The molecule has 0 aliphatic rings. The van der Waals surface area contributed by atoms with Crippen molar-refractivity contribution in [2.75, 3.05) is 4.90 Å². The molecule has 0 heterocycles. The lowest BCUT2D eigenvalue weighted by Crippen LogP contribution is -2.11. The summed E-state index contributed by atoms with van der Waals surface area (Å²) in [6.07, 6.45) is 0. The van der Waals surface area contributed by atoms with Gasteiger partial charge in [0.25, 0.3) is 0 Å². The van der Waals surface area contributed by atoms with Crippen molar-refractivity contribution in [1.82, 2.24) is 0 Å². The molecule has 3 heteroatoms. The molecular formula is C43H27F2N. The molecule has 0 N–H and O–H groups in total. The summed E-state index contributed by atoms with van der Waals surface area (Å²) in [5, 5.41) is 11.8. The Hall–Kier alpha value is -5.80. The normalized spacial score (nSPS) is 11.8. The fourth-order valence-corrected chi connectivity index (χ4v) is 7.42. The van der Waals surface area contributed by atoms with Gasteiger partial charge >= 0.3 is 0 Å². The van der Waals surface area contributed by atoms with Gasteiger partial charge in [-0.15, -0.1) is 0 Å². The van der Waals surface area contributed by atoms with Gasteiger partial charge in [-0.3, -0.25) is 0 Å². The van der Waals surface area contributed by atoms with Gasteiger partial charge < -0.3 is 4.90 Å². The van der Waals surface area contributed by atoms with Crippen LogP contribution in [0.15, 0.2) is 146 Å². The van der Waals surface area contributed by atoms with E-state index in [1.165, 1.54) is 73.3 Å². The van der Waals surface area contributed by atoms with E-state index in [2.05, 4.69) is 109 Å². The lowest BCUT2D eigenvalue weighted by Gasteiger charge is -2.29. The number of hydrogen-bond acceptors (Lipinski definition) is 1. The van der Waals surface area contributed by atoms with Crippen LogP contribution >= 0.6 is 0 Å². The molecule has 9 aromatic carbocycles. The van der Waals surface area contributed by atoms with Gasteiger partial charge in [0.1, 0.15) is 11.6 Å². The van der Waals surface area contributed by atoms with Gasteiger partial charge in [-0.1, -0.05) is 97.1 Å². The second-order valence-corrected chi connectivity index (χ2v) is 12.1. The number of anilines is 3. The fraction of sp³-hybridized carbons (Fsp3) is 0.0233. The van der Waals surface area contributed by atoms with E-state index >= 15 is 0 Å². The third-order valence-corrected chi connectivity index (χ3v) is 9.31. The number of benzene rings is 9. The van der Waals surface area contributed by atoms with Gasteiger partial charge in [0, 0.05) is 22.1 Å². The van der Waals surface area contributed by atoms with E-state index in [-0.39, 0.29) is 11.6 Å². The van der Waals surface area contributed by atoms with Crippen molar-refractivity contribution in [2.24, 2.45) is 0 Å². The Bertz CT molecular complexity index is 2480. The molecule has 9 rings (SSSR count). The van der Waals surface area contributed by atoms with Gasteiger partial charge in [-0.2, -0.15) is 0 Å². The molecule has 0 aromatic heterocycles. The molecule has 9 aromatic rings. The van der Waals surface area contributed by atoms with Crippen molar-refractivity contribution in [2.45, 2.75) is 6.92 Å². The molecule has 218 valence electrons. The average molecular weight is 596 g/mol. The Morgan fingerprint density at radius 2 is 0.913 bits per heavy atom. The number of fused-ring (bicyclic) bond motifs is 2. The first-order valence-electron chi connectivity index (χ1n) is 15.5. The molecular weight excluding hydrogens is 568 g/mol. The van der Waals surface area contributed by atoms with Crippen molar-refractivity contribution in [3.8, 4) is 11.1 Å². The smallest absolute Gasteiger partial charge is 0.123 e. The lowest BCUT2D eigenvalue weighted by molar-refractivity contribution is 0.628. The Balaban J connectivity index is 1.42. The van der Waals surface area contributed by atoms with E-state index in [1.807, 2.05) is 0 Å².